The van der Waals surface area contributed by atoms with Crippen molar-refractivity contribution in [3.63, 3.8) is 0 Å². The fourth-order valence-electron chi connectivity index (χ4n) is 2.49. The van der Waals surface area contributed by atoms with Gasteiger partial charge >= 0.3 is 0 Å². The molecule has 1 N–H and O–H groups in total. The van der Waals surface area contributed by atoms with Gasteiger partial charge in [0.1, 0.15) is 5.69 Å². The van der Waals surface area contributed by atoms with Crippen molar-refractivity contribution in [3.8, 4) is 5.88 Å². The summed E-state index contributed by atoms with van der Waals surface area (Å²) in [6.07, 6.45) is 0.401. The quantitative estimate of drug-likeness (QED) is 0.834. The molecule has 1 fully saturated rings. The van der Waals surface area contributed by atoms with Crippen LogP contribution in [0.2, 0.25) is 0 Å². The number of rotatable bonds is 6. The minimum absolute atomic E-state index is 0.0331. The molecule has 0 aromatic carbocycles. The van der Waals surface area contributed by atoms with Gasteiger partial charge in [0, 0.05) is 25.7 Å². The Bertz CT molecular complexity index is 660. The van der Waals surface area contributed by atoms with Crippen LogP contribution < -0.4 is 9.46 Å². The van der Waals surface area contributed by atoms with Crippen LogP contribution in [0.3, 0.4) is 0 Å². The summed E-state index contributed by atoms with van der Waals surface area (Å²) in [6, 6.07) is 5.02. The molecule has 128 valence electrons. The van der Waals surface area contributed by atoms with Crippen LogP contribution >= 0.6 is 0 Å². The Kier molecular flexibility index (Phi) is 5.59. The highest BCUT2D eigenvalue weighted by molar-refractivity contribution is 7.90. The highest BCUT2D eigenvalue weighted by Crippen LogP contribution is 2.19. The average Bonchev–Trinajstić information content (AvgIpc) is 2.96. The molecule has 1 aromatic heterocycles. The van der Waals surface area contributed by atoms with E-state index < -0.39 is 15.3 Å². The number of hydrogen-bond acceptors (Lipinski definition) is 5. The highest BCUT2D eigenvalue weighted by atomic mass is 32.2. The normalized spacial score (nSPS) is 18.4. The van der Waals surface area contributed by atoms with Crippen LogP contribution in [0.4, 0.5) is 0 Å². The lowest BCUT2D eigenvalue weighted by Gasteiger charge is -2.17. The van der Waals surface area contributed by atoms with E-state index >= 15 is 0 Å². The number of carbonyl (C=O) groups is 1. The number of pyridine rings is 1. The van der Waals surface area contributed by atoms with Gasteiger partial charge in [0.25, 0.3) is 5.91 Å². The van der Waals surface area contributed by atoms with Crippen LogP contribution in [0.25, 0.3) is 0 Å². The summed E-state index contributed by atoms with van der Waals surface area (Å²) >= 11 is 0. The number of nitrogens with one attached hydrogen (secondary N) is 1. The molecule has 0 saturated carbocycles. The Labute approximate surface area is 137 Å². The average molecular weight is 341 g/mol. The van der Waals surface area contributed by atoms with Crippen LogP contribution in [0.5, 0.6) is 5.88 Å². The molecule has 1 saturated heterocycles. The highest BCUT2D eigenvalue weighted by Gasteiger charge is 2.35. The lowest BCUT2D eigenvalue weighted by Crippen LogP contribution is -2.37. The first kappa shape index (κ1) is 17.7. The maximum absolute atomic E-state index is 12.5. The molecule has 8 heteroatoms. The van der Waals surface area contributed by atoms with Gasteiger partial charge in [-0.2, -0.15) is 0 Å². The predicted molar refractivity (Wildman–Crippen MR) is 86.9 cm³/mol. The van der Waals surface area contributed by atoms with Crippen molar-refractivity contribution in [3.05, 3.63) is 23.9 Å². The second-order valence-corrected chi connectivity index (χ2v) is 7.78. The first-order valence-corrected chi connectivity index (χ1v) is 9.29. The smallest absolute Gasteiger partial charge is 0.272 e. The van der Waals surface area contributed by atoms with Crippen LogP contribution in [-0.4, -0.2) is 55.2 Å². The fourth-order valence-corrected chi connectivity index (χ4v) is 3.92. The number of likely N-dealkylation sites (tertiary alicyclic amines) is 1. The second-order valence-electron chi connectivity index (χ2n) is 5.73. The number of hydrogen-bond donors (Lipinski definition) is 1. The third-order valence-corrected chi connectivity index (χ3v) is 5.47. The van der Waals surface area contributed by atoms with Crippen molar-refractivity contribution >= 4 is 15.9 Å². The molecule has 7 nitrogen and oxygen atoms in total. The lowest BCUT2D eigenvalue weighted by molar-refractivity contribution is 0.0785. The van der Waals surface area contributed by atoms with E-state index in [1.54, 1.807) is 25.1 Å². The van der Waals surface area contributed by atoms with Gasteiger partial charge < -0.3 is 9.64 Å². The van der Waals surface area contributed by atoms with E-state index in [0.29, 0.717) is 25.4 Å². The summed E-state index contributed by atoms with van der Waals surface area (Å²) in [5.74, 6) is 0.121. The standard InChI is InChI=1S/C15H23N3O4S/c1-4-16-23(20,21)12-8-9-18(10-12)15(19)13-6-5-7-14(17-13)22-11(2)3/h5-7,11-12,16H,4,8-10H2,1-3H3/t12-/m0/s1. The largest absolute Gasteiger partial charge is 0.475 e. The Morgan fingerprint density at radius 3 is 2.87 bits per heavy atom. The molecule has 0 bridgehead atoms. The Morgan fingerprint density at radius 2 is 2.22 bits per heavy atom. The van der Waals surface area contributed by atoms with Gasteiger partial charge in [0.2, 0.25) is 15.9 Å². The summed E-state index contributed by atoms with van der Waals surface area (Å²) in [4.78, 5) is 18.2. The SMILES string of the molecule is CCNS(=O)(=O)[C@H]1CCN(C(=O)c2cccc(OC(C)C)n2)C1. The molecular formula is C15H23N3O4S. The third kappa shape index (κ3) is 4.42. The molecule has 1 aliphatic rings. The number of nitrogens with zero attached hydrogens (tertiary/aromatic N) is 2. The molecule has 0 aliphatic carbocycles. The third-order valence-electron chi connectivity index (χ3n) is 3.52. The summed E-state index contributed by atoms with van der Waals surface area (Å²) in [7, 11) is -3.37. The lowest BCUT2D eigenvalue weighted by atomic mass is 10.3. The van der Waals surface area contributed by atoms with Gasteiger partial charge in [-0.1, -0.05) is 13.0 Å². The summed E-state index contributed by atoms with van der Waals surface area (Å²) < 4.78 is 32.0. The molecular weight excluding hydrogens is 318 g/mol. The first-order valence-electron chi connectivity index (χ1n) is 7.75. The molecule has 1 atom stereocenters. The number of amides is 1. The summed E-state index contributed by atoms with van der Waals surface area (Å²) in [5, 5.41) is -0.568. The summed E-state index contributed by atoms with van der Waals surface area (Å²) in [6.45, 7) is 6.44. The Hall–Kier alpha value is -1.67. The maximum Gasteiger partial charge on any atom is 0.272 e. The summed E-state index contributed by atoms with van der Waals surface area (Å²) in [5.41, 5.74) is 0.268. The number of ether oxygens (including phenoxy) is 1. The van der Waals surface area contributed by atoms with Crippen molar-refractivity contribution in [1.29, 1.82) is 0 Å². The Morgan fingerprint density at radius 1 is 1.48 bits per heavy atom. The topological polar surface area (TPSA) is 88.6 Å². The van der Waals surface area contributed by atoms with E-state index in [2.05, 4.69) is 9.71 Å². The molecule has 0 radical (unpaired) electrons. The van der Waals surface area contributed by atoms with Gasteiger partial charge in [0.05, 0.1) is 11.4 Å². The molecule has 1 aliphatic heterocycles. The van der Waals surface area contributed by atoms with E-state index in [1.165, 1.54) is 4.90 Å². The number of sulfonamides is 1. The van der Waals surface area contributed by atoms with E-state index in [-0.39, 0.29) is 24.2 Å². The van der Waals surface area contributed by atoms with E-state index in [1.807, 2.05) is 13.8 Å². The van der Waals surface area contributed by atoms with Crippen LogP contribution in [0.1, 0.15) is 37.7 Å². The van der Waals surface area contributed by atoms with Gasteiger partial charge in [-0.25, -0.2) is 18.1 Å². The zero-order valence-corrected chi connectivity index (χ0v) is 14.5. The van der Waals surface area contributed by atoms with Crippen molar-refractivity contribution in [2.24, 2.45) is 0 Å². The first-order chi connectivity index (χ1) is 10.8. The maximum atomic E-state index is 12.5. The minimum Gasteiger partial charge on any atom is -0.475 e. The minimum atomic E-state index is -3.37. The molecule has 1 amide bonds. The molecule has 1 aromatic rings. The van der Waals surface area contributed by atoms with Crippen molar-refractivity contribution in [2.75, 3.05) is 19.6 Å². The second kappa shape index (κ2) is 7.27. The molecule has 0 unspecified atom stereocenters. The van der Waals surface area contributed by atoms with Gasteiger partial charge in [0.15, 0.2) is 0 Å². The molecule has 2 heterocycles. The van der Waals surface area contributed by atoms with Gasteiger partial charge in [-0.3, -0.25) is 4.79 Å². The molecule has 0 spiro atoms. The van der Waals surface area contributed by atoms with Crippen molar-refractivity contribution in [1.82, 2.24) is 14.6 Å². The predicted octanol–water partition coefficient (Wildman–Crippen LogP) is 1.02. The van der Waals surface area contributed by atoms with E-state index in [0.717, 1.165) is 0 Å². The van der Waals surface area contributed by atoms with Gasteiger partial charge in [-0.15, -0.1) is 0 Å². The molecule has 23 heavy (non-hydrogen) atoms. The molecule has 2 rings (SSSR count). The van der Waals surface area contributed by atoms with Crippen LogP contribution in [0, 0.1) is 0 Å². The van der Waals surface area contributed by atoms with Crippen molar-refractivity contribution < 1.29 is 17.9 Å². The zero-order valence-electron chi connectivity index (χ0n) is 13.7. The van der Waals surface area contributed by atoms with Crippen LogP contribution in [0.15, 0.2) is 18.2 Å². The van der Waals surface area contributed by atoms with E-state index in [4.69, 9.17) is 4.74 Å². The fraction of sp³-hybridized carbons (Fsp3) is 0.600. The number of carbonyl (C=O) groups excluding carboxylic acids is 1. The number of aromatic nitrogens is 1. The van der Waals surface area contributed by atoms with Gasteiger partial charge in [-0.05, 0) is 26.3 Å². The Balaban J connectivity index is 2.07. The van der Waals surface area contributed by atoms with Crippen molar-refractivity contribution in [2.45, 2.75) is 38.5 Å². The zero-order chi connectivity index (χ0) is 17.0. The van der Waals surface area contributed by atoms with Crippen LogP contribution in [-0.2, 0) is 10.0 Å². The van der Waals surface area contributed by atoms with E-state index in [9.17, 15) is 13.2 Å². The monoisotopic (exact) mass is 341 g/mol.